The highest BCUT2D eigenvalue weighted by Gasteiger charge is 2.24. The van der Waals surface area contributed by atoms with Crippen LogP contribution in [0.1, 0.15) is 33.6 Å². The van der Waals surface area contributed by atoms with Gasteiger partial charge in [-0.1, -0.05) is 6.07 Å². The van der Waals surface area contributed by atoms with Gasteiger partial charge in [0.05, 0.1) is 11.8 Å². The Morgan fingerprint density at radius 2 is 2.00 bits per heavy atom. The molecule has 24 heavy (non-hydrogen) atoms. The molecule has 0 saturated carbocycles. The van der Waals surface area contributed by atoms with Crippen molar-refractivity contribution in [3.63, 3.8) is 0 Å². The van der Waals surface area contributed by atoms with Crippen LogP contribution in [-0.4, -0.2) is 36.3 Å². The van der Waals surface area contributed by atoms with Gasteiger partial charge < -0.3 is 14.6 Å². The molecule has 1 fully saturated rings. The molecule has 0 atom stereocenters. The fourth-order valence-electron chi connectivity index (χ4n) is 2.88. The van der Waals surface area contributed by atoms with Crippen molar-refractivity contribution in [2.75, 3.05) is 19.6 Å². The van der Waals surface area contributed by atoms with Gasteiger partial charge in [0.1, 0.15) is 12.1 Å². The van der Waals surface area contributed by atoms with Gasteiger partial charge in [-0.2, -0.15) is 0 Å². The average Bonchev–Trinajstić information content (AvgIpc) is 3.14. The van der Waals surface area contributed by atoms with E-state index in [9.17, 15) is 14.0 Å². The predicted molar refractivity (Wildman–Crippen MR) is 86.1 cm³/mol. The van der Waals surface area contributed by atoms with Gasteiger partial charge in [-0.3, -0.25) is 9.59 Å². The largest absolute Gasteiger partial charge is 0.472 e. The van der Waals surface area contributed by atoms with E-state index in [0.29, 0.717) is 36.7 Å². The Kier molecular flexibility index (Phi) is 4.93. The zero-order chi connectivity index (χ0) is 16.9. The monoisotopic (exact) mass is 330 g/mol. The summed E-state index contributed by atoms with van der Waals surface area (Å²) in [5.41, 5.74) is 0.885. The Morgan fingerprint density at radius 1 is 1.21 bits per heavy atom. The number of nitrogens with one attached hydrogen (secondary N) is 1. The van der Waals surface area contributed by atoms with E-state index >= 15 is 0 Å². The van der Waals surface area contributed by atoms with Crippen molar-refractivity contribution in [2.24, 2.45) is 5.92 Å². The van der Waals surface area contributed by atoms with Crippen molar-refractivity contribution in [1.29, 1.82) is 0 Å². The van der Waals surface area contributed by atoms with E-state index in [0.717, 1.165) is 12.8 Å². The first-order valence-electron chi connectivity index (χ1n) is 7.99. The molecule has 0 radical (unpaired) electrons. The van der Waals surface area contributed by atoms with Crippen LogP contribution in [-0.2, 0) is 0 Å². The summed E-state index contributed by atoms with van der Waals surface area (Å²) in [5, 5.41) is 2.84. The van der Waals surface area contributed by atoms with E-state index in [1.165, 1.54) is 30.7 Å². The molecule has 0 spiro atoms. The normalized spacial score (nSPS) is 15.3. The van der Waals surface area contributed by atoms with Gasteiger partial charge in [-0.15, -0.1) is 0 Å². The lowest BCUT2D eigenvalue weighted by Gasteiger charge is -2.31. The number of hydrogen-bond acceptors (Lipinski definition) is 3. The summed E-state index contributed by atoms with van der Waals surface area (Å²) in [4.78, 5) is 26.0. The Bertz CT molecular complexity index is 707. The quantitative estimate of drug-likeness (QED) is 0.937. The highest BCUT2D eigenvalue weighted by atomic mass is 19.1. The average molecular weight is 330 g/mol. The highest BCUT2D eigenvalue weighted by molar-refractivity contribution is 5.94. The third-order valence-electron chi connectivity index (χ3n) is 4.31. The second-order valence-corrected chi connectivity index (χ2v) is 5.97. The number of carbonyl (C=O) groups is 2. The van der Waals surface area contributed by atoms with E-state index in [1.54, 1.807) is 17.0 Å². The number of piperidine rings is 1. The van der Waals surface area contributed by atoms with Crippen LogP contribution < -0.4 is 5.32 Å². The number of rotatable bonds is 4. The second-order valence-electron chi connectivity index (χ2n) is 5.97. The SMILES string of the molecule is O=C(NCC1CCN(C(=O)c2ccoc2)CC1)c1cccc(F)c1. The van der Waals surface area contributed by atoms with E-state index in [4.69, 9.17) is 4.42 Å². The number of amides is 2. The molecule has 0 unspecified atom stereocenters. The summed E-state index contributed by atoms with van der Waals surface area (Å²) in [5.74, 6) is -0.401. The molecule has 1 N–H and O–H groups in total. The maximum Gasteiger partial charge on any atom is 0.257 e. The molecule has 6 heteroatoms. The second kappa shape index (κ2) is 7.29. The third kappa shape index (κ3) is 3.82. The van der Waals surface area contributed by atoms with Gasteiger partial charge in [0.2, 0.25) is 0 Å². The predicted octanol–water partition coefficient (Wildman–Crippen LogP) is 2.70. The maximum atomic E-state index is 13.1. The standard InChI is InChI=1S/C18H19FN2O3/c19-16-3-1-2-14(10-16)17(22)20-11-13-4-7-21(8-5-13)18(23)15-6-9-24-12-15/h1-3,6,9-10,12-13H,4-5,7-8,11H2,(H,20,22). The molecule has 1 aromatic heterocycles. The number of furan rings is 1. The van der Waals surface area contributed by atoms with Crippen molar-refractivity contribution in [3.05, 3.63) is 59.8 Å². The van der Waals surface area contributed by atoms with Crippen LogP contribution in [0.15, 0.2) is 47.3 Å². The summed E-state index contributed by atoms with van der Waals surface area (Å²) in [6, 6.07) is 7.30. The summed E-state index contributed by atoms with van der Waals surface area (Å²) in [7, 11) is 0. The van der Waals surface area contributed by atoms with Gasteiger partial charge in [-0.05, 0) is 43.0 Å². The first kappa shape index (κ1) is 16.2. The first-order chi connectivity index (χ1) is 11.6. The third-order valence-corrected chi connectivity index (χ3v) is 4.31. The smallest absolute Gasteiger partial charge is 0.257 e. The van der Waals surface area contributed by atoms with E-state index in [1.807, 2.05) is 0 Å². The number of likely N-dealkylation sites (tertiary alicyclic amines) is 1. The molecule has 2 heterocycles. The minimum Gasteiger partial charge on any atom is -0.472 e. The Hall–Kier alpha value is -2.63. The number of halogens is 1. The van der Waals surface area contributed by atoms with E-state index < -0.39 is 5.82 Å². The summed E-state index contributed by atoms with van der Waals surface area (Å²) < 4.78 is 18.1. The van der Waals surface area contributed by atoms with Crippen LogP contribution in [0, 0.1) is 11.7 Å². The Balaban J connectivity index is 1.46. The molecule has 0 bridgehead atoms. The molecule has 2 aromatic rings. The molecule has 0 aliphatic carbocycles. The zero-order valence-corrected chi connectivity index (χ0v) is 13.2. The summed E-state index contributed by atoms with van der Waals surface area (Å²) >= 11 is 0. The lowest BCUT2D eigenvalue weighted by atomic mass is 9.96. The molecule has 1 aromatic carbocycles. The minimum absolute atomic E-state index is 0.0222. The fourth-order valence-corrected chi connectivity index (χ4v) is 2.88. The number of hydrogen-bond donors (Lipinski definition) is 1. The molecule has 1 saturated heterocycles. The lowest BCUT2D eigenvalue weighted by molar-refractivity contribution is 0.0683. The summed E-state index contributed by atoms with van der Waals surface area (Å²) in [6.07, 6.45) is 4.59. The topological polar surface area (TPSA) is 62.6 Å². The van der Waals surface area contributed by atoms with Crippen molar-refractivity contribution in [1.82, 2.24) is 10.2 Å². The van der Waals surface area contributed by atoms with Crippen LogP contribution in [0.3, 0.4) is 0 Å². The lowest BCUT2D eigenvalue weighted by Crippen LogP contribution is -2.41. The Morgan fingerprint density at radius 3 is 2.67 bits per heavy atom. The van der Waals surface area contributed by atoms with Gasteiger partial charge in [-0.25, -0.2) is 4.39 Å². The van der Waals surface area contributed by atoms with Crippen LogP contribution in [0.5, 0.6) is 0 Å². The number of carbonyl (C=O) groups excluding carboxylic acids is 2. The van der Waals surface area contributed by atoms with Gasteiger partial charge >= 0.3 is 0 Å². The number of nitrogens with zero attached hydrogens (tertiary/aromatic N) is 1. The zero-order valence-electron chi connectivity index (χ0n) is 13.2. The summed E-state index contributed by atoms with van der Waals surface area (Å²) in [6.45, 7) is 1.85. The molecule has 1 aliphatic heterocycles. The van der Waals surface area contributed by atoms with Gasteiger partial charge in [0, 0.05) is 25.2 Å². The molecule has 126 valence electrons. The molecular formula is C18H19FN2O3. The van der Waals surface area contributed by atoms with E-state index in [2.05, 4.69) is 5.32 Å². The van der Waals surface area contributed by atoms with Crippen molar-refractivity contribution in [2.45, 2.75) is 12.8 Å². The molecule has 5 nitrogen and oxygen atoms in total. The van der Waals surface area contributed by atoms with Crippen LogP contribution >= 0.6 is 0 Å². The Labute approximate surface area is 139 Å². The minimum atomic E-state index is -0.422. The van der Waals surface area contributed by atoms with Crippen molar-refractivity contribution < 1.29 is 18.4 Å². The first-order valence-corrected chi connectivity index (χ1v) is 7.99. The highest BCUT2D eigenvalue weighted by Crippen LogP contribution is 2.19. The van der Waals surface area contributed by atoms with Crippen LogP contribution in [0.2, 0.25) is 0 Å². The molecule has 2 amide bonds. The van der Waals surface area contributed by atoms with Crippen molar-refractivity contribution >= 4 is 11.8 Å². The molecular weight excluding hydrogens is 311 g/mol. The molecule has 3 rings (SSSR count). The number of benzene rings is 1. The fraction of sp³-hybridized carbons (Fsp3) is 0.333. The van der Waals surface area contributed by atoms with Crippen LogP contribution in [0.4, 0.5) is 4.39 Å². The van der Waals surface area contributed by atoms with Crippen LogP contribution in [0.25, 0.3) is 0 Å². The van der Waals surface area contributed by atoms with Gasteiger partial charge in [0.25, 0.3) is 11.8 Å². The van der Waals surface area contributed by atoms with Gasteiger partial charge in [0.15, 0.2) is 0 Å². The van der Waals surface area contributed by atoms with E-state index in [-0.39, 0.29) is 11.8 Å². The molecule has 1 aliphatic rings. The van der Waals surface area contributed by atoms with Crippen molar-refractivity contribution in [3.8, 4) is 0 Å². The maximum absolute atomic E-state index is 13.1.